The minimum Gasteiger partial charge on any atom is -0.392 e. The molecule has 2 nitrogen and oxygen atoms in total. The van der Waals surface area contributed by atoms with Gasteiger partial charge in [0.2, 0.25) is 0 Å². The van der Waals surface area contributed by atoms with Crippen molar-refractivity contribution in [3.05, 3.63) is 66.4 Å². The van der Waals surface area contributed by atoms with Crippen molar-refractivity contribution in [1.29, 1.82) is 0 Å². The van der Waals surface area contributed by atoms with Crippen LogP contribution in [0, 0.1) is 0 Å². The monoisotopic (exact) mass is 235 g/mol. The number of aliphatic hydroxyl groups is 1. The average molecular weight is 235 g/mol. The summed E-state index contributed by atoms with van der Waals surface area (Å²) in [6.45, 7) is 0.0732. The van der Waals surface area contributed by atoms with E-state index in [1.54, 1.807) is 6.20 Å². The van der Waals surface area contributed by atoms with Gasteiger partial charge in [-0.2, -0.15) is 0 Å². The SMILES string of the molecule is OCc1ccc2c(-c3ccccn3)cccc2c1. The van der Waals surface area contributed by atoms with Crippen LogP contribution >= 0.6 is 0 Å². The van der Waals surface area contributed by atoms with Crippen LogP contribution in [0.5, 0.6) is 0 Å². The first-order chi connectivity index (χ1) is 8.88. The first kappa shape index (κ1) is 10.9. The van der Waals surface area contributed by atoms with E-state index in [0.717, 1.165) is 27.6 Å². The Morgan fingerprint density at radius 1 is 0.944 bits per heavy atom. The molecular weight excluding hydrogens is 222 g/mol. The van der Waals surface area contributed by atoms with Gasteiger partial charge in [-0.1, -0.05) is 36.4 Å². The van der Waals surface area contributed by atoms with Gasteiger partial charge >= 0.3 is 0 Å². The Morgan fingerprint density at radius 3 is 2.67 bits per heavy atom. The molecule has 0 atom stereocenters. The molecule has 1 heterocycles. The number of hydrogen-bond acceptors (Lipinski definition) is 2. The molecular formula is C16H13NO. The van der Waals surface area contributed by atoms with Crippen molar-refractivity contribution in [1.82, 2.24) is 4.98 Å². The van der Waals surface area contributed by atoms with Gasteiger partial charge in [0.1, 0.15) is 0 Å². The molecule has 2 heteroatoms. The average Bonchev–Trinajstić information content (AvgIpc) is 2.47. The maximum absolute atomic E-state index is 9.17. The minimum absolute atomic E-state index is 0.0732. The number of nitrogens with zero attached hydrogens (tertiary/aromatic N) is 1. The Morgan fingerprint density at radius 2 is 1.89 bits per heavy atom. The van der Waals surface area contributed by atoms with Crippen LogP contribution in [0.3, 0.4) is 0 Å². The van der Waals surface area contributed by atoms with Gasteiger partial charge < -0.3 is 5.11 Å². The summed E-state index contributed by atoms with van der Waals surface area (Å²) in [5.74, 6) is 0. The van der Waals surface area contributed by atoms with E-state index in [9.17, 15) is 5.11 Å². The zero-order valence-electron chi connectivity index (χ0n) is 9.88. The molecule has 0 saturated carbocycles. The molecule has 1 N–H and O–H groups in total. The van der Waals surface area contributed by atoms with Gasteiger partial charge in [-0.3, -0.25) is 4.98 Å². The van der Waals surface area contributed by atoms with E-state index in [1.807, 2.05) is 42.5 Å². The van der Waals surface area contributed by atoms with Gasteiger partial charge in [-0.25, -0.2) is 0 Å². The molecule has 2 aromatic carbocycles. The summed E-state index contributed by atoms with van der Waals surface area (Å²) in [4.78, 5) is 4.39. The lowest BCUT2D eigenvalue weighted by Gasteiger charge is -2.07. The van der Waals surface area contributed by atoms with Gasteiger partial charge in [0, 0.05) is 11.8 Å². The van der Waals surface area contributed by atoms with Gasteiger partial charge in [-0.15, -0.1) is 0 Å². The molecule has 0 aliphatic carbocycles. The predicted molar refractivity (Wildman–Crippen MR) is 73.1 cm³/mol. The second-order valence-corrected chi connectivity index (χ2v) is 4.23. The molecule has 3 aromatic rings. The van der Waals surface area contributed by atoms with E-state index in [1.165, 1.54) is 0 Å². The molecule has 18 heavy (non-hydrogen) atoms. The Balaban J connectivity index is 2.25. The van der Waals surface area contributed by atoms with Gasteiger partial charge in [0.15, 0.2) is 0 Å². The number of rotatable bonds is 2. The molecule has 88 valence electrons. The molecule has 0 saturated heterocycles. The molecule has 0 aliphatic rings. The van der Waals surface area contributed by atoms with Crippen molar-refractivity contribution < 1.29 is 5.11 Å². The first-order valence-electron chi connectivity index (χ1n) is 5.92. The zero-order chi connectivity index (χ0) is 12.4. The minimum atomic E-state index is 0.0732. The molecule has 1 aromatic heterocycles. The fourth-order valence-electron chi connectivity index (χ4n) is 2.18. The third-order valence-corrected chi connectivity index (χ3v) is 3.07. The highest BCUT2D eigenvalue weighted by Gasteiger charge is 2.04. The third kappa shape index (κ3) is 1.87. The van der Waals surface area contributed by atoms with Gasteiger partial charge in [0.25, 0.3) is 0 Å². The number of aromatic nitrogens is 1. The lowest BCUT2D eigenvalue weighted by atomic mass is 10.00. The summed E-state index contributed by atoms with van der Waals surface area (Å²) >= 11 is 0. The topological polar surface area (TPSA) is 33.1 Å². The quantitative estimate of drug-likeness (QED) is 0.738. The van der Waals surface area contributed by atoms with Crippen LogP contribution in [-0.4, -0.2) is 10.1 Å². The summed E-state index contributed by atoms with van der Waals surface area (Å²) in [6.07, 6.45) is 1.80. The van der Waals surface area contributed by atoms with E-state index in [-0.39, 0.29) is 6.61 Å². The molecule has 0 bridgehead atoms. The second kappa shape index (κ2) is 4.59. The third-order valence-electron chi connectivity index (χ3n) is 3.07. The first-order valence-corrected chi connectivity index (χ1v) is 5.92. The van der Waals surface area contributed by atoms with Crippen LogP contribution in [0.25, 0.3) is 22.0 Å². The number of fused-ring (bicyclic) bond motifs is 1. The Hall–Kier alpha value is -2.19. The molecule has 0 fully saturated rings. The van der Waals surface area contributed by atoms with Crippen molar-refractivity contribution >= 4 is 10.8 Å². The smallest absolute Gasteiger partial charge is 0.0708 e. The molecule has 0 radical (unpaired) electrons. The van der Waals surface area contributed by atoms with Crippen LogP contribution in [0.2, 0.25) is 0 Å². The highest BCUT2D eigenvalue weighted by molar-refractivity contribution is 5.96. The van der Waals surface area contributed by atoms with E-state index >= 15 is 0 Å². The summed E-state index contributed by atoms with van der Waals surface area (Å²) in [7, 11) is 0. The number of aliphatic hydroxyl groups excluding tert-OH is 1. The Kier molecular flexibility index (Phi) is 2.79. The molecule has 0 amide bonds. The predicted octanol–water partition coefficient (Wildman–Crippen LogP) is 3.39. The van der Waals surface area contributed by atoms with Crippen molar-refractivity contribution in [3.8, 4) is 11.3 Å². The maximum atomic E-state index is 9.17. The van der Waals surface area contributed by atoms with Crippen LogP contribution in [-0.2, 0) is 6.61 Å². The highest BCUT2D eigenvalue weighted by atomic mass is 16.3. The van der Waals surface area contributed by atoms with Crippen molar-refractivity contribution in [2.75, 3.05) is 0 Å². The fraction of sp³-hybridized carbons (Fsp3) is 0.0625. The second-order valence-electron chi connectivity index (χ2n) is 4.23. The van der Waals surface area contributed by atoms with Crippen molar-refractivity contribution in [2.45, 2.75) is 6.61 Å². The molecule has 0 spiro atoms. The summed E-state index contributed by atoms with van der Waals surface area (Å²) in [5, 5.41) is 11.5. The maximum Gasteiger partial charge on any atom is 0.0708 e. The van der Waals surface area contributed by atoms with Gasteiger partial charge in [-0.05, 0) is 34.5 Å². The number of pyridine rings is 1. The Labute approximate surface area is 106 Å². The summed E-state index contributed by atoms with van der Waals surface area (Å²) in [6, 6.07) is 18.1. The molecule has 0 unspecified atom stereocenters. The lowest BCUT2D eigenvalue weighted by Crippen LogP contribution is -1.87. The van der Waals surface area contributed by atoms with E-state index in [0.29, 0.717) is 0 Å². The van der Waals surface area contributed by atoms with E-state index in [4.69, 9.17) is 0 Å². The molecule has 0 aliphatic heterocycles. The van der Waals surface area contributed by atoms with Crippen molar-refractivity contribution in [2.24, 2.45) is 0 Å². The summed E-state index contributed by atoms with van der Waals surface area (Å²) in [5.41, 5.74) is 3.03. The van der Waals surface area contributed by atoms with Crippen LogP contribution < -0.4 is 0 Å². The van der Waals surface area contributed by atoms with E-state index < -0.39 is 0 Å². The standard InChI is InChI=1S/C16H13NO/c18-11-12-7-8-14-13(10-12)4-3-5-15(14)16-6-1-2-9-17-16/h1-10,18H,11H2. The van der Waals surface area contributed by atoms with Crippen LogP contribution in [0.4, 0.5) is 0 Å². The normalized spacial score (nSPS) is 10.7. The lowest BCUT2D eigenvalue weighted by molar-refractivity contribution is 0.282. The number of hydrogen-bond donors (Lipinski definition) is 1. The zero-order valence-corrected chi connectivity index (χ0v) is 9.88. The van der Waals surface area contributed by atoms with Gasteiger partial charge in [0.05, 0.1) is 12.3 Å². The Bertz CT molecular complexity index is 677. The van der Waals surface area contributed by atoms with Crippen molar-refractivity contribution in [3.63, 3.8) is 0 Å². The largest absolute Gasteiger partial charge is 0.392 e. The fourth-order valence-corrected chi connectivity index (χ4v) is 2.18. The number of benzene rings is 2. The summed E-state index contributed by atoms with van der Waals surface area (Å²) < 4.78 is 0. The molecule has 3 rings (SSSR count). The van der Waals surface area contributed by atoms with E-state index in [2.05, 4.69) is 17.1 Å². The highest BCUT2D eigenvalue weighted by Crippen LogP contribution is 2.27. The van der Waals surface area contributed by atoms with Crippen LogP contribution in [0.15, 0.2) is 60.8 Å². The van der Waals surface area contributed by atoms with Crippen LogP contribution in [0.1, 0.15) is 5.56 Å².